The first-order chi connectivity index (χ1) is 15.9. The minimum atomic E-state index is -4.53. The van der Waals surface area contributed by atoms with Crippen LogP contribution in [0.2, 0.25) is 0 Å². The molecule has 1 heterocycles. The second-order valence-electron chi connectivity index (χ2n) is 8.78. The first-order valence-corrected chi connectivity index (χ1v) is 11.1. The van der Waals surface area contributed by atoms with E-state index in [9.17, 15) is 27.6 Å². The molecule has 0 saturated heterocycles. The minimum absolute atomic E-state index is 0.130. The molecule has 0 aromatic heterocycles. The van der Waals surface area contributed by atoms with Gasteiger partial charge in [0.15, 0.2) is 5.78 Å². The van der Waals surface area contributed by atoms with Gasteiger partial charge in [-0.1, -0.05) is 26.0 Å². The predicted molar refractivity (Wildman–Crippen MR) is 117 cm³/mol. The van der Waals surface area contributed by atoms with Crippen molar-refractivity contribution in [3.8, 4) is 0 Å². The van der Waals surface area contributed by atoms with Crippen LogP contribution in [0.5, 0.6) is 0 Å². The molecule has 2 aliphatic rings. The first-order valence-electron chi connectivity index (χ1n) is 11.1. The maximum Gasteiger partial charge on any atom is 0.416 e. The minimum Gasteiger partial charge on any atom is -0.468 e. The number of alkyl halides is 3. The fourth-order valence-corrected chi connectivity index (χ4v) is 4.48. The molecule has 34 heavy (non-hydrogen) atoms. The second kappa shape index (κ2) is 9.64. The molecule has 6 nitrogen and oxygen atoms in total. The van der Waals surface area contributed by atoms with E-state index in [0.29, 0.717) is 29.8 Å². The lowest BCUT2D eigenvalue weighted by Crippen LogP contribution is -2.43. The molecule has 0 radical (unpaired) electrons. The molecule has 184 valence electrons. The Balaban J connectivity index is 2.17. The molecule has 1 aromatic rings. The second-order valence-corrected chi connectivity index (χ2v) is 8.78. The maximum atomic E-state index is 13.6. The number of ether oxygens (including phenoxy) is 2. The molecule has 4 atom stereocenters. The summed E-state index contributed by atoms with van der Waals surface area (Å²) in [7, 11) is 1.19. The summed E-state index contributed by atoms with van der Waals surface area (Å²) < 4.78 is 49.8. The summed E-state index contributed by atoms with van der Waals surface area (Å²) in [6.45, 7) is 6.99. The molecule has 1 aliphatic heterocycles. The number of allylic oxidation sites excluding steroid dienone is 3. The molecule has 9 heteroatoms. The third kappa shape index (κ3) is 4.74. The average Bonchev–Trinajstić information content (AvgIpc) is 2.77. The maximum absolute atomic E-state index is 13.6. The third-order valence-electron chi connectivity index (χ3n) is 6.42. The number of ketones is 1. The molecule has 0 saturated carbocycles. The molecule has 1 N–H and O–H groups in total. The van der Waals surface area contributed by atoms with Crippen molar-refractivity contribution in [2.24, 2.45) is 11.8 Å². The van der Waals surface area contributed by atoms with E-state index in [4.69, 9.17) is 9.47 Å². The monoisotopic (exact) mass is 479 g/mol. The van der Waals surface area contributed by atoms with Crippen LogP contribution in [0.4, 0.5) is 13.2 Å². The average molecular weight is 479 g/mol. The number of Topliss-reactive ketones (excluding diaryl/α,β-unsaturated/α-hetero) is 1. The van der Waals surface area contributed by atoms with Gasteiger partial charge < -0.3 is 14.8 Å². The van der Waals surface area contributed by atoms with E-state index in [1.807, 2.05) is 6.92 Å². The standard InChI is InChI=1S/C25H28F3NO5/c1-6-13(3)34-24(32)19-14(4)29-17-11-12(2)18(23(31)33-5)22(30)21(17)20(19)15-7-9-16(10-8-15)25(26,27)28/h7-10,12-13,18,20,29H,6,11H2,1-5H3/t12-,13+,18+,20+/m0/s1. The molecule has 1 aromatic carbocycles. The lowest BCUT2D eigenvalue weighted by atomic mass is 9.69. The smallest absolute Gasteiger partial charge is 0.416 e. The fourth-order valence-electron chi connectivity index (χ4n) is 4.48. The number of carbonyl (C=O) groups excluding carboxylic acids is 3. The van der Waals surface area contributed by atoms with Gasteiger partial charge in [0.2, 0.25) is 0 Å². The van der Waals surface area contributed by atoms with Crippen molar-refractivity contribution in [3.05, 3.63) is 57.9 Å². The largest absolute Gasteiger partial charge is 0.468 e. The number of hydrogen-bond donors (Lipinski definition) is 1. The van der Waals surface area contributed by atoms with Crippen molar-refractivity contribution in [2.45, 2.75) is 58.7 Å². The Morgan fingerprint density at radius 3 is 2.35 bits per heavy atom. The summed E-state index contributed by atoms with van der Waals surface area (Å²) in [5.74, 6) is -4.29. The Kier molecular flexibility index (Phi) is 7.24. The Bertz CT molecular complexity index is 1060. The van der Waals surface area contributed by atoms with Crippen molar-refractivity contribution >= 4 is 17.7 Å². The van der Waals surface area contributed by atoms with Gasteiger partial charge in [-0.15, -0.1) is 0 Å². The molecule has 0 bridgehead atoms. The Labute approximate surface area is 196 Å². The number of methoxy groups -OCH3 is 1. The van der Waals surface area contributed by atoms with Gasteiger partial charge in [-0.05, 0) is 50.3 Å². The molecular formula is C25H28F3NO5. The molecule has 1 aliphatic carbocycles. The van der Waals surface area contributed by atoms with E-state index >= 15 is 0 Å². The van der Waals surface area contributed by atoms with Crippen LogP contribution in [-0.4, -0.2) is 30.9 Å². The molecule has 0 unspecified atom stereocenters. The van der Waals surface area contributed by atoms with Gasteiger partial charge >= 0.3 is 18.1 Å². The third-order valence-corrected chi connectivity index (χ3v) is 6.42. The highest BCUT2D eigenvalue weighted by Gasteiger charge is 2.47. The Morgan fingerprint density at radius 2 is 1.82 bits per heavy atom. The van der Waals surface area contributed by atoms with E-state index in [1.54, 1.807) is 20.8 Å². The van der Waals surface area contributed by atoms with Crippen molar-refractivity contribution in [1.82, 2.24) is 5.32 Å². The summed E-state index contributed by atoms with van der Waals surface area (Å²) in [4.78, 5) is 39.2. The highest BCUT2D eigenvalue weighted by molar-refractivity contribution is 6.12. The van der Waals surface area contributed by atoms with Crippen LogP contribution in [0.3, 0.4) is 0 Å². The van der Waals surface area contributed by atoms with Crippen LogP contribution >= 0.6 is 0 Å². The summed E-state index contributed by atoms with van der Waals surface area (Å²) in [6, 6.07) is 4.34. The van der Waals surface area contributed by atoms with E-state index in [2.05, 4.69) is 5.32 Å². The van der Waals surface area contributed by atoms with Gasteiger partial charge in [-0.3, -0.25) is 9.59 Å². The SMILES string of the molecule is CC[C@@H](C)OC(=O)C1=C(C)NC2=C(C(=O)[C@H](C(=O)OC)[C@@H](C)C2)[C@@H]1c1ccc(C(F)(F)F)cc1. The number of hydrogen-bond acceptors (Lipinski definition) is 6. The number of carbonyl (C=O) groups is 3. The Hall–Kier alpha value is -3.10. The summed E-state index contributed by atoms with van der Waals surface area (Å²) in [5, 5.41) is 3.12. The van der Waals surface area contributed by atoms with Crippen molar-refractivity contribution in [3.63, 3.8) is 0 Å². The molecular weight excluding hydrogens is 451 g/mol. The number of dihydropyridines is 1. The molecule has 0 fully saturated rings. The van der Waals surface area contributed by atoms with E-state index in [0.717, 1.165) is 12.1 Å². The zero-order valence-electron chi connectivity index (χ0n) is 19.7. The molecule has 0 spiro atoms. The van der Waals surface area contributed by atoms with Gasteiger partial charge in [0, 0.05) is 22.9 Å². The normalized spacial score (nSPS) is 23.8. The lowest BCUT2D eigenvalue weighted by Gasteiger charge is -2.38. The molecule has 3 rings (SSSR count). The number of halogens is 3. The number of benzene rings is 1. The summed E-state index contributed by atoms with van der Waals surface area (Å²) in [5.41, 5.74) is 0.776. The topological polar surface area (TPSA) is 81.7 Å². The zero-order chi connectivity index (χ0) is 25.4. The van der Waals surface area contributed by atoms with Crippen LogP contribution in [0.1, 0.15) is 57.6 Å². The zero-order valence-corrected chi connectivity index (χ0v) is 19.7. The van der Waals surface area contributed by atoms with Crippen LogP contribution in [0.25, 0.3) is 0 Å². The Morgan fingerprint density at radius 1 is 1.21 bits per heavy atom. The van der Waals surface area contributed by atoms with Crippen LogP contribution < -0.4 is 5.32 Å². The van der Waals surface area contributed by atoms with Crippen LogP contribution in [0, 0.1) is 11.8 Å². The van der Waals surface area contributed by atoms with Crippen molar-refractivity contribution in [1.29, 1.82) is 0 Å². The first kappa shape index (κ1) is 25.5. The number of rotatable bonds is 5. The van der Waals surface area contributed by atoms with Crippen LogP contribution in [0.15, 0.2) is 46.8 Å². The van der Waals surface area contributed by atoms with Crippen molar-refractivity contribution in [2.75, 3.05) is 7.11 Å². The van der Waals surface area contributed by atoms with Gasteiger partial charge in [0.1, 0.15) is 5.92 Å². The van der Waals surface area contributed by atoms with Crippen LogP contribution in [-0.2, 0) is 30.0 Å². The quantitative estimate of drug-likeness (QED) is 0.489. The fraction of sp³-hybridized carbons (Fsp3) is 0.480. The molecule has 0 amide bonds. The highest BCUT2D eigenvalue weighted by Crippen LogP contribution is 2.46. The van der Waals surface area contributed by atoms with E-state index in [-0.39, 0.29) is 17.1 Å². The summed E-state index contributed by atoms with van der Waals surface area (Å²) >= 11 is 0. The predicted octanol–water partition coefficient (Wildman–Crippen LogP) is 4.66. The van der Waals surface area contributed by atoms with Gasteiger partial charge in [0.25, 0.3) is 0 Å². The number of esters is 2. The van der Waals surface area contributed by atoms with Gasteiger partial charge in [-0.25, -0.2) is 4.79 Å². The lowest BCUT2D eigenvalue weighted by molar-refractivity contribution is -0.151. The summed E-state index contributed by atoms with van der Waals surface area (Å²) in [6.07, 6.45) is -4.04. The number of nitrogens with one attached hydrogen (secondary N) is 1. The van der Waals surface area contributed by atoms with Gasteiger partial charge in [-0.2, -0.15) is 13.2 Å². The van der Waals surface area contributed by atoms with Crippen molar-refractivity contribution < 1.29 is 37.0 Å². The van der Waals surface area contributed by atoms with E-state index < -0.39 is 47.4 Å². The van der Waals surface area contributed by atoms with E-state index in [1.165, 1.54) is 19.2 Å². The van der Waals surface area contributed by atoms with Gasteiger partial charge in [0.05, 0.1) is 24.4 Å². The highest BCUT2D eigenvalue weighted by atomic mass is 19.4.